The zero-order valence-electron chi connectivity index (χ0n) is 30.0. The van der Waals surface area contributed by atoms with E-state index >= 15 is 8.78 Å². The number of nitrogens with one attached hydrogen (secondary N) is 1. The molecule has 292 valence electrons. The molecule has 8 nitrogen and oxygen atoms in total. The van der Waals surface area contributed by atoms with Gasteiger partial charge in [0, 0.05) is 24.4 Å². The van der Waals surface area contributed by atoms with E-state index in [-0.39, 0.29) is 54.8 Å². The van der Waals surface area contributed by atoms with Crippen LogP contribution in [0.5, 0.6) is 0 Å². The average molecular weight is 766 g/mol. The number of carbonyl (C=O) groups excluding carboxylic acids is 2. The quantitative estimate of drug-likeness (QED) is 0.109. The number of alkyl halides is 6. The van der Waals surface area contributed by atoms with Crippen molar-refractivity contribution in [3.63, 3.8) is 0 Å². The third-order valence-corrected chi connectivity index (χ3v) is 8.35. The zero-order chi connectivity index (χ0) is 40.4. The van der Waals surface area contributed by atoms with Gasteiger partial charge in [-0.15, -0.1) is 0 Å². The predicted molar refractivity (Wildman–Crippen MR) is 176 cm³/mol. The Morgan fingerprint density at radius 3 is 1.98 bits per heavy atom. The van der Waals surface area contributed by atoms with Gasteiger partial charge in [0.1, 0.15) is 23.5 Å². The third-order valence-electron chi connectivity index (χ3n) is 8.35. The number of halogens is 9. The molecule has 1 heterocycles. The third kappa shape index (κ3) is 9.99. The molecule has 1 amide bonds. The standard InChI is InChI=1S/C36H40F9N3O5/c1-8-53-28(50)16-34(52,30-31(38)23(14-25(32(30)39)36(43,44)45)29-19(4)12-22(37)13-20(29)5)46-33(51)26(11-18(2)3)48-17-21(9-10-47(6)7)24(15-27(48)49)35(40,41)42/h12-15,17-18,26,52H,8-11,16H2,1-7H3,(H,46,51)/t26?,34-/m1/s1. The number of ether oxygens (including phenoxy) is 1. The maximum absolute atomic E-state index is 16.7. The highest BCUT2D eigenvalue weighted by molar-refractivity contribution is 5.83. The Morgan fingerprint density at radius 2 is 1.49 bits per heavy atom. The molecule has 2 aromatic carbocycles. The summed E-state index contributed by atoms with van der Waals surface area (Å²) in [7, 11) is 3.16. The largest absolute Gasteiger partial charge is 0.466 e. The Labute approximate surface area is 299 Å². The Morgan fingerprint density at radius 1 is 0.925 bits per heavy atom. The number of nitrogens with zero attached hydrogens (tertiary/aromatic N) is 2. The number of likely N-dealkylation sites (N-methyl/N-ethyl adjacent to an activating group) is 1. The van der Waals surface area contributed by atoms with Crippen LogP contribution in [-0.2, 0) is 38.8 Å². The first-order chi connectivity index (χ1) is 24.3. The van der Waals surface area contributed by atoms with Crippen molar-refractivity contribution < 1.29 is 58.9 Å². The van der Waals surface area contributed by atoms with Crippen LogP contribution in [0.2, 0.25) is 0 Å². The van der Waals surface area contributed by atoms with Crippen molar-refractivity contribution in [2.75, 3.05) is 27.2 Å². The lowest BCUT2D eigenvalue weighted by Crippen LogP contribution is -2.52. The van der Waals surface area contributed by atoms with Crippen LogP contribution >= 0.6 is 0 Å². The van der Waals surface area contributed by atoms with Crippen molar-refractivity contribution in [1.29, 1.82) is 0 Å². The minimum Gasteiger partial charge on any atom is -0.466 e. The van der Waals surface area contributed by atoms with Gasteiger partial charge in [-0.05, 0) is 94.1 Å². The highest BCUT2D eigenvalue weighted by Gasteiger charge is 2.47. The van der Waals surface area contributed by atoms with Crippen LogP contribution in [0.3, 0.4) is 0 Å². The summed E-state index contributed by atoms with van der Waals surface area (Å²) in [4.78, 5) is 41.7. The minimum absolute atomic E-state index is 0.0745. The maximum atomic E-state index is 16.7. The molecule has 3 aromatic rings. The van der Waals surface area contributed by atoms with Gasteiger partial charge in [0.25, 0.3) is 5.56 Å². The fraction of sp³-hybridized carbons (Fsp3) is 0.472. The molecule has 0 spiro atoms. The van der Waals surface area contributed by atoms with Crippen molar-refractivity contribution in [2.45, 2.75) is 78.0 Å². The Hall–Kier alpha value is -4.38. The maximum Gasteiger partial charge on any atom is 0.419 e. The van der Waals surface area contributed by atoms with Crippen molar-refractivity contribution in [3.05, 3.63) is 91.6 Å². The lowest BCUT2D eigenvalue weighted by atomic mass is 9.87. The number of aliphatic hydroxyl groups is 1. The smallest absolute Gasteiger partial charge is 0.419 e. The van der Waals surface area contributed by atoms with Gasteiger partial charge in [0.05, 0.1) is 29.7 Å². The molecule has 2 N–H and O–H groups in total. The fourth-order valence-corrected chi connectivity index (χ4v) is 6.06. The molecule has 0 aliphatic carbocycles. The van der Waals surface area contributed by atoms with Gasteiger partial charge in [0.2, 0.25) is 5.91 Å². The SMILES string of the molecule is CCOC(=O)C[C@](O)(NC(=O)C(CC(C)C)n1cc(CCN(C)C)c(C(F)(F)F)cc1=O)c1c(F)c(-c2c(C)cc(F)cc2C)cc(C(F)(F)F)c1F. The predicted octanol–water partition coefficient (Wildman–Crippen LogP) is 7.19. The topological polar surface area (TPSA) is 101 Å². The molecule has 0 saturated carbocycles. The van der Waals surface area contributed by atoms with E-state index in [2.05, 4.69) is 0 Å². The molecule has 0 radical (unpaired) electrons. The van der Waals surface area contributed by atoms with E-state index in [0.29, 0.717) is 4.57 Å². The van der Waals surface area contributed by atoms with Crippen LogP contribution in [0, 0.1) is 37.2 Å². The van der Waals surface area contributed by atoms with Crippen LogP contribution in [0.15, 0.2) is 35.3 Å². The van der Waals surface area contributed by atoms with Crippen LogP contribution in [0.25, 0.3) is 11.1 Å². The first kappa shape index (κ1) is 43.0. The molecule has 3 rings (SSSR count). The summed E-state index contributed by atoms with van der Waals surface area (Å²) in [6, 6.07) is 0.287. The van der Waals surface area contributed by atoms with Gasteiger partial charge in [-0.1, -0.05) is 13.8 Å². The van der Waals surface area contributed by atoms with E-state index in [9.17, 15) is 50.2 Å². The zero-order valence-corrected chi connectivity index (χ0v) is 30.0. The number of esters is 1. The van der Waals surface area contributed by atoms with Crippen LogP contribution in [0.4, 0.5) is 39.5 Å². The van der Waals surface area contributed by atoms with Crippen LogP contribution in [0.1, 0.15) is 73.0 Å². The monoisotopic (exact) mass is 765 g/mol. The summed E-state index contributed by atoms with van der Waals surface area (Å²) in [5.74, 6) is -8.53. The fourth-order valence-electron chi connectivity index (χ4n) is 6.06. The van der Waals surface area contributed by atoms with Gasteiger partial charge in [-0.2, -0.15) is 26.3 Å². The van der Waals surface area contributed by atoms with Crippen molar-refractivity contribution >= 4 is 11.9 Å². The number of amides is 1. The van der Waals surface area contributed by atoms with Gasteiger partial charge in [0.15, 0.2) is 5.72 Å². The lowest BCUT2D eigenvalue weighted by molar-refractivity contribution is -0.153. The molecule has 1 aromatic heterocycles. The van der Waals surface area contributed by atoms with Crippen molar-refractivity contribution in [1.82, 2.24) is 14.8 Å². The van der Waals surface area contributed by atoms with E-state index in [1.54, 1.807) is 32.8 Å². The molecular formula is C36H40F9N3O5. The second kappa shape index (κ2) is 16.3. The number of aryl methyl sites for hydroxylation is 2. The number of aromatic nitrogens is 1. The lowest BCUT2D eigenvalue weighted by Gasteiger charge is -2.33. The van der Waals surface area contributed by atoms with E-state index in [1.165, 1.54) is 20.8 Å². The summed E-state index contributed by atoms with van der Waals surface area (Å²) in [5, 5.41) is 13.8. The van der Waals surface area contributed by atoms with Gasteiger partial charge < -0.3 is 24.6 Å². The number of benzene rings is 2. The molecule has 17 heteroatoms. The first-order valence-corrected chi connectivity index (χ1v) is 16.4. The van der Waals surface area contributed by atoms with E-state index in [4.69, 9.17) is 4.74 Å². The van der Waals surface area contributed by atoms with Crippen molar-refractivity contribution in [2.24, 2.45) is 5.92 Å². The van der Waals surface area contributed by atoms with Gasteiger partial charge >= 0.3 is 18.3 Å². The average Bonchev–Trinajstić information content (AvgIpc) is 2.98. The Balaban J connectivity index is 2.39. The molecule has 0 aliphatic rings. The summed E-state index contributed by atoms with van der Waals surface area (Å²) in [5.41, 5.74) is -12.1. The van der Waals surface area contributed by atoms with Gasteiger partial charge in [-0.3, -0.25) is 14.4 Å². The molecule has 0 bridgehead atoms. The summed E-state index contributed by atoms with van der Waals surface area (Å²) < 4.78 is 137. The van der Waals surface area contributed by atoms with Crippen molar-refractivity contribution in [3.8, 4) is 11.1 Å². The molecular weight excluding hydrogens is 725 g/mol. The number of rotatable bonds is 13. The molecule has 53 heavy (non-hydrogen) atoms. The molecule has 1 unspecified atom stereocenters. The van der Waals surface area contributed by atoms with Crippen LogP contribution in [-0.4, -0.2) is 53.7 Å². The highest BCUT2D eigenvalue weighted by atomic mass is 19.4. The summed E-state index contributed by atoms with van der Waals surface area (Å²) >= 11 is 0. The first-order valence-electron chi connectivity index (χ1n) is 16.4. The second-order valence-corrected chi connectivity index (χ2v) is 13.4. The van der Waals surface area contributed by atoms with E-state index in [1.807, 2.05) is 5.32 Å². The minimum atomic E-state index is -5.55. The normalized spacial score (nSPS) is 14.0. The van der Waals surface area contributed by atoms with Gasteiger partial charge in [-0.25, -0.2) is 13.2 Å². The second-order valence-electron chi connectivity index (χ2n) is 13.4. The molecule has 0 saturated heterocycles. The Kier molecular flexibility index (Phi) is 13.3. The molecule has 0 fully saturated rings. The van der Waals surface area contributed by atoms with E-state index in [0.717, 1.165) is 18.3 Å². The number of hydrogen-bond donors (Lipinski definition) is 2. The number of pyridine rings is 1. The molecule has 0 aliphatic heterocycles. The summed E-state index contributed by atoms with van der Waals surface area (Å²) in [6.07, 6.45) is -11.9. The van der Waals surface area contributed by atoms with E-state index < -0.39 is 99.2 Å². The highest BCUT2D eigenvalue weighted by Crippen LogP contribution is 2.43. The molecule has 2 atom stereocenters. The number of carbonyl (C=O) groups is 2. The van der Waals surface area contributed by atoms with Crippen LogP contribution < -0.4 is 10.9 Å². The number of hydrogen-bond acceptors (Lipinski definition) is 6. The summed E-state index contributed by atoms with van der Waals surface area (Å²) in [6.45, 7) is 6.59. The Bertz CT molecular complexity index is 1880.